The maximum Gasteiger partial charge on any atom is 0.306 e. The molecule has 1 fully saturated rings. The number of carbonyl (C=O) groups is 1. The Labute approximate surface area is 116 Å². The molecule has 6 nitrogen and oxygen atoms in total. The highest BCUT2D eigenvalue weighted by atomic mass is 32.2. The van der Waals surface area contributed by atoms with Gasteiger partial charge in [-0.05, 0) is 24.0 Å². The number of carbonyl (C=O) groups excluding carboxylic acids is 1. The van der Waals surface area contributed by atoms with E-state index in [1.54, 1.807) is 24.2 Å². The number of rotatable bonds is 7. The zero-order valence-corrected chi connectivity index (χ0v) is 11.7. The minimum Gasteiger partial charge on any atom is -0.469 e. The number of hydrogen-bond acceptors (Lipinski definition) is 7. The average Bonchev–Trinajstić information content (AvgIpc) is 3.19. The van der Waals surface area contributed by atoms with Crippen molar-refractivity contribution >= 4 is 23.5 Å². The topological polar surface area (TPSA) is 90.1 Å². The predicted molar refractivity (Wildman–Crippen MR) is 74.3 cm³/mol. The molecule has 3 N–H and O–H groups in total. The number of hydrogen-bond donors (Lipinski definition) is 2. The first-order chi connectivity index (χ1) is 9.17. The number of esters is 1. The summed E-state index contributed by atoms with van der Waals surface area (Å²) in [5, 5.41) is 0. The fourth-order valence-electron chi connectivity index (χ4n) is 1.80. The maximum absolute atomic E-state index is 11.3. The van der Waals surface area contributed by atoms with Gasteiger partial charge >= 0.3 is 5.97 Å². The lowest BCUT2D eigenvalue weighted by Gasteiger charge is -2.12. The van der Waals surface area contributed by atoms with E-state index in [4.69, 9.17) is 10.6 Å². The van der Waals surface area contributed by atoms with Gasteiger partial charge in [-0.1, -0.05) is 0 Å². The zero-order valence-electron chi connectivity index (χ0n) is 10.9. The van der Waals surface area contributed by atoms with Crippen molar-refractivity contribution in [1.82, 2.24) is 9.97 Å². The molecule has 104 valence electrons. The van der Waals surface area contributed by atoms with Crippen LogP contribution in [-0.4, -0.2) is 28.8 Å². The van der Waals surface area contributed by atoms with Gasteiger partial charge in [0.15, 0.2) is 5.82 Å². The molecular weight excluding hydrogens is 264 g/mol. The molecule has 1 aromatic heterocycles. The lowest BCUT2D eigenvalue weighted by Crippen LogP contribution is -2.13. The highest BCUT2D eigenvalue weighted by Gasteiger charge is 2.44. The number of thioether (sulfide) groups is 1. The van der Waals surface area contributed by atoms with E-state index < -0.39 is 0 Å². The second kappa shape index (κ2) is 6.21. The maximum atomic E-state index is 11.3. The van der Waals surface area contributed by atoms with E-state index in [0.717, 1.165) is 30.0 Å². The normalized spacial score (nSPS) is 15.9. The number of nitrogens with one attached hydrogen (secondary N) is 1. The molecule has 0 atom stereocenters. The zero-order chi connectivity index (χ0) is 13.7. The van der Waals surface area contributed by atoms with Crippen LogP contribution in [0.15, 0.2) is 12.4 Å². The van der Waals surface area contributed by atoms with Crippen LogP contribution in [0.3, 0.4) is 0 Å². The van der Waals surface area contributed by atoms with Crippen LogP contribution in [0.5, 0.6) is 0 Å². The van der Waals surface area contributed by atoms with Crippen LogP contribution >= 0.6 is 11.8 Å². The Bertz CT molecular complexity index is 434. The summed E-state index contributed by atoms with van der Waals surface area (Å²) in [6.07, 6.45) is 6.06. The van der Waals surface area contributed by atoms with Gasteiger partial charge in [0, 0.05) is 5.75 Å². The molecule has 1 aliphatic carbocycles. The van der Waals surface area contributed by atoms with Gasteiger partial charge in [0.1, 0.15) is 0 Å². The molecule has 19 heavy (non-hydrogen) atoms. The van der Waals surface area contributed by atoms with Crippen molar-refractivity contribution in [1.29, 1.82) is 0 Å². The highest BCUT2D eigenvalue weighted by Crippen LogP contribution is 2.51. The summed E-state index contributed by atoms with van der Waals surface area (Å²) < 4.78 is 4.73. The molecule has 0 saturated heterocycles. The lowest BCUT2D eigenvalue weighted by atomic mass is 10.1. The number of nitrogens with zero attached hydrogens (tertiary/aromatic N) is 2. The molecule has 2 rings (SSSR count). The Morgan fingerprint density at radius 2 is 2.32 bits per heavy atom. The minimum atomic E-state index is -0.115. The first-order valence-corrected chi connectivity index (χ1v) is 7.25. The summed E-state index contributed by atoms with van der Waals surface area (Å²) >= 11 is 1.78. The molecule has 0 aliphatic heterocycles. The van der Waals surface area contributed by atoms with Crippen LogP contribution in [0, 0.1) is 5.41 Å². The van der Waals surface area contributed by atoms with Gasteiger partial charge in [-0.2, -0.15) is 11.8 Å². The van der Waals surface area contributed by atoms with Gasteiger partial charge in [0.05, 0.1) is 31.6 Å². The van der Waals surface area contributed by atoms with Crippen molar-refractivity contribution in [3.05, 3.63) is 18.1 Å². The van der Waals surface area contributed by atoms with E-state index >= 15 is 0 Å². The van der Waals surface area contributed by atoms with E-state index in [9.17, 15) is 4.79 Å². The van der Waals surface area contributed by atoms with Crippen molar-refractivity contribution in [2.24, 2.45) is 11.3 Å². The van der Waals surface area contributed by atoms with E-state index in [1.165, 1.54) is 7.11 Å². The average molecular weight is 282 g/mol. The summed E-state index contributed by atoms with van der Waals surface area (Å²) in [6, 6.07) is 0. The molecule has 7 heteroatoms. The summed E-state index contributed by atoms with van der Waals surface area (Å²) in [7, 11) is 1.44. The van der Waals surface area contributed by atoms with Crippen LogP contribution in [0.2, 0.25) is 0 Å². The summed E-state index contributed by atoms with van der Waals surface area (Å²) in [6.45, 7) is 0. The van der Waals surface area contributed by atoms with Gasteiger partial charge in [-0.15, -0.1) is 0 Å². The van der Waals surface area contributed by atoms with E-state index in [1.807, 2.05) is 0 Å². The molecule has 0 radical (unpaired) electrons. The standard InChI is InChI=1S/C12H18N4O2S/c1-18-11(17)4-12(2-3-12)8-19-7-9-5-15-10(16-13)6-14-9/h5-6H,2-4,7-8,13H2,1H3,(H,15,16). The van der Waals surface area contributed by atoms with Crippen LogP contribution in [-0.2, 0) is 15.3 Å². The van der Waals surface area contributed by atoms with Crippen molar-refractivity contribution in [3.63, 3.8) is 0 Å². The van der Waals surface area contributed by atoms with E-state index in [0.29, 0.717) is 12.2 Å². The van der Waals surface area contributed by atoms with Gasteiger partial charge in [-0.3, -0.25) is 9.78 Å². The van der Waals surface area contributed by atoms with Crippen molar-refractivity contribution < 1.29 is 9.53 Å². The van der Waals surface area contributed by atoms with Gasteiger partial charge in [0.2, 0.25) is 0 Å². The Morgan fingerprint density at radius 1 is 1.53 bits per heavy atom. The van der Waals surface area contributed by atoms with E-state index in [2.05, 4.69) is 15.4 Å². The van der Waals surface area contributed by atoms with Crippen LogP contribution in [0.1, 0.15) is 25.0 Å². The van der Waals surface area contributed by atoms with Crippen molar-refractivity contribution in [3.8, 4) is 0 Å². The number of methoxy groups -OCH3 is 1. The molecule has 1 heterocycles. The van der Waals surface area contributed by atoms with Crippen LogP contribution in [0.25, 0.3) is 0 Å². The number of aromatic nitrogens is 2. The second-order valence-electron chi connectivity index (χ2n) is 4.78. The first-order valence-electron chi connectivity index (χ1n) is 6.09. The number of hydrazine groups is 1. The Hall–Kier alpha value is -1.34. The minimum absolute atomic E-state index is 0.115. The smallest absolute Gasteiger partial charge is 0.306 e. The molecule has 1 saturated carbocycles. The van der Waals surface area contributed by atoms with Crippen molar-refractivity contribution in [2.45, 2.75) is 25.0 Å². The monoisotopic (exact) mass is 282 g/mol. The third-order valence-corrected chi connectivity index (χ3v) is 4.53. The first kappa shape index (κ1) is 14.1. The van der Waals surface area contributed by atoms with Gasteiger partial charge < -0.3 is 10.2 Å². The Kier molecular flexibility index (Phi) is 4.60. The molecule has 1 aliphatic rings. The fraction of sp³-hybridized carbons (Fsp3) is 0.583. The number of ether oxygens (including phenoxy) is 1. The Morgan fingerprint density at radius 3 is 2.84 bits per heavy atom. The Balaban J connectivity index is 1.75. The highest BCUT2D eigenvalue weighted by molar-refractivity contribution is 7.98. The molecule has 0 spiro atoms. The number of nitrogens with two attached hydrogens (primary N) is 1. The van der Waals surface area contributed by atoms with Gasteiger partial charge in [0.25, 0.3) is 0 Å². The van der Waals surface area contributed by atoms with Gasteiger partial charge in [-0.25, -0.2) is 10.8 Å². The molecule has 0 unspecified atom stereocenters. The second-order valence-corrected chi connectivity index (χ2v) is 5.77. The quantitative estimate of drug-likeness (QED) is 0.443. The molecule has 0 amide bonds. The largest absolute Gasteiger partial charge is 0.469 e. The van der Waals surface area contributed by atoms with E-state index in [-0.39, 0.29) is 11.4 Å². The fourth-order valence-corrected chi connectivity index (χ4v) is 3.09. The molecule has 1 aromatic rings. The summed E-state index contributed by atoms with van der Waals surface area (Å²) in [5.74, 6) is 7.41. The van der Waals surface area contributed by atoms with Crippen LogP contribution < -0.4 is 11.3 Å². The number of nitrogen functional groups attached to an aromatic ring is 1. The SMILES string of the molecule is COC(=O)CC1(CSCc2cnc(NN)cn2)CC1. The summed E-state index contributed by atoms with van der Waals surface area (Å²) in [5.41, 5.74) is 3.51. The predicted octanol–water partition coefficient (Wildman–Crippen LogP) is 1.34. The third-order valence-electron chi connectivity index (χ3n) is 3.22. The van der Waals surface area contributed by atoms with Crippen LogP contribution in [0.4, 0.5) is 5.82 Å². The lowest BCUT2D eigenvalue weighted by molar-refractivity contribution is -0.141. The molecular formula is C12H18N4O2S. The third kappa shape index (κ3) is 4.07. The summed E-state index contributed by atoms with van der Waals surface area (Å²) in [4.78, 5) is 19.7. The number of anilines is 1. The molecule has 0 bridgehead atoms. The molecule has 0 aromatic carbocycles. The van der Waals surface area contributed by atoms with Crippen molar-refractivity contribution in [2.75, 3.05) is 18.3 Å².